The number of nitrogens with zero attached hydrogens (tertiary/aromatic N) is 1. The summed E-state index contributed by atoms with van der Waals surface area (Å²) in [4.78, 5) is 9.36. The van der Waals surface area contributed by atoms with Crippen molar-refractivity contribution in [1.82, 2.24) is 0 Å². The fourth-order valence-corrected chi connectivity index (χ4v) is 2.82. The van der Waals surface area contributed by atoms with Crippen LogP contribution in [-0.4, -0.2) is 9.92 Å². The van der Waals surface area contributed by atoms with Gasteiger partial charge in [0.25, 0.3) is 5.00 Å². The zero-order valence-electron chi connectivity index (χ0n) is 9.00. The lowest BCUT2D eigenvalue weighted by molar-refractivity contribution is -0.550. The van der Waals surface area contributed by atoms with Crippen LogP contribution in [0.25, 0.3) is 0 Å². The van der Waals surface area contributed by atoms with Crippen molar-refractivity contribution >= 4 is 11.6 Å². The number of halogens is 1. The third-order valence-corrected chi connectivity index (χ3v) is 3.66. The smallest absolute Gasteiger partial charge is 0.263 e. The van der Waals surface area contributed by atoms with E-state index in [4.69, 9.17) is 11.6 Å². The minimum atomic E-state index is -1.20. The lowest BCUT2D eigenvalue weighted by atomic mass is 9.74. The predicted molar refractivity (Wildman–Crippen MR) is 56.9 cm³/mol. The van der Waals surface area contributed by atoms with Crippen molar-refractivity contribution < 1.29 is 4.92 Å². The molecule has 1 fully saturated rings. The first-order valence-corrected chi connectivity index (χ1v) is 5.56. The quantitative estimate of drug-likeness (QED) is 0.310. The molecule has 14 heavy (non-hydrogen) atoms. The van der Waals surface area contributed by atoms with Crippen molar-refractivity contribution in [3.63, 3.8) is 0 Å². The summed E-state index contributed by atoms with van der Waals surface area (Å²) in [6.45, 7) is 6.27. The lowest BCUT2D eigenvalue weighted by Gasteiger charge is -2.35. The van der Waals surface area contributed by atoms with Gasteiger partial charge in [0.2, 0.25) is 0 Å². The Morgan fingerprint density at radius 3 is 2.50 bits per heavy atom. The average molecular weight is 220 g/mol. The fraction of sp³-hybridized carbons (Fsp3) is 1.00. The summed E-state index contributed by atoms with van der Waals surface area (Å²) in [5, 5.41) is 10.9. The Morgan fingerprint density at radius 2 is 2.07 bits per heavy atom. The van der Waals surface area contributed by atoms with E-state index in [1.165, 1.54) is 0 Å². The van der Waals surface area contributed by atoms with Gasteiger partial charge >= 0.3 is 0 Å². The first-order valence-electron chi connectivity index (χ1n) is 5.18. The zero-order valence-corrected chi connectivity index (χ0v) is 9.75. The van der Waals surface area contributed by atoms with Crippen molar-refractivity contribution in [2.45, 2.75) is 45.0 Å². The molecule has 3 nitrogen and oxygen atoms in total. The van der Waals surface area contributed by atoms with Crippen molar-refractivity contribution in [1.29, 1.82) is 0 Å². The van der Waals surface area contributed by atoms with Gasteiger partial charge in [-0.25, -0.2) is 0 Å². The van der Waals surface area contributed by atoms with E-state index in [9.17, 15) is 10.1 Å². The molecule has 1 saturated carbocycles. The Kier molecular flexibility index (Phi) is 3.40. The van der Waals surface area contributed by atoms with Gasteiger partial charge in [0.15, 0.2) is 0 Å². The van der Waals surface area contributed by atoms with Gasteiger partial charge in [-0.15, -0.1) is 0 Å². The van der Waals surface area contributed by atoms with E-state index < -0.39 is 5.00 Å². The van der Waals surface area contributed by atoms with Gasteiger partial charge in [-0.05, 0) is 35.8 Å². The number of rotatable bonds is 2. The number of alkyl halides is 1. The van der Waals surface area contributed by atoms with Crippen molar-refractivity contribution in [2.24, 2.45) is 17.8 Å². The maximum Gasteiger partial charge on any atom is 0.295 e. The van der Waals surface area contributed by atoms with E-state index in [-0.39, 0.29) is 4.92 Å². The molecule has 0 unspecified atom stereocenters. The molecule has 0 amide bonds. The van der Waals surface area contributed by atoms with Gasteiger partial charge in [-0.1, -0.05) is 20.8 Å². The summed E-state index contributed by atoms with van der Waals surface area (Å²) in [5.74, 6) is 1.23. The molecule has 0 spiro atoms. The molecule has 0 aromatic carbocycles. The normalized spacial score (nSPS) is 38.6. The van der Waals surface area contributed by atoms with Crippen molar-refractivity contribution in [3.8, 4) is 0 Å². The van der Waals surface area contributed by atoms with Crippen molar-refractivity contribution in [3.05, 3.63) is 10.1 Å². The minimum absolute atomic E-state index is 0.306. The number of nitro groups is 1. The van der Waals surface area contributed by atoms with Gasteiger partial charge in [-0.2, -0.15) is 0 Å². The summed E-state index contributed by atoms with van der Waals surface area (Å²) < 4.78 is 0. The monoisotopic (exact) mass is 219 g/mol. The first-order chi connectivity index (χ1) is 6.35. The molecule has 1 rings (SSSR count). The van der Waals surface area contributed by atoms with E-state index in [0.717, 1.165) is 6.42 Å². The molecule has 4 heteroatoms. The molecule has 0 radical (unpaired) electrons. The number of hydrogen-bond acceptors (Lipinski definition) is 2. The average Bonchev–Trinajstić information content (AvgIpc) is 2.02. The summed E-state index contributed by atoms with van der Waals surface area (Å²) in [6, 6.07) is 0. The summed E-state index contributed by atoms with van der Waals surface area (Å²) >= 11 is 6.04. The summed E-state index contributed by atoms with van der Waals surface area (Å²) in [6.07, 6.45) is 2.09. The highest BCUT2D eigenvalue weighted by Crippen LogP contribution is 2.43. The predicted octanol–water partition coefficient (Wildman–Crippen LogP) is 3.29. The molecule has 1 aliphatic rings. The van der Waals surface area contributed by atoms with Gasteiger partial charge in [0.05, 0.1) is 0 Å². The Morgan fingerprint density at radius 1 is 1.50 bits per heavy atom. The minimum Gasteiger partial charge on any atom is -0.263 e. The second-order valence-electron chi connectivity index (χ2n) is 4.93. The van der Waals surface area contributed by atoms with E-state index >= 15 is 0 Å². The molecule has 0 aliphatic heterocycles. The molecule has 0 aromatic rings. The lowest BCUT2D eigenvalue weighted by Crippen LogP contribution is -2.41. The highest BCUT2D eigenvalue weighted by atomic mass is 35.5. The van der Waals surface area contributed by atoms with Gasteiger partial charge < -0.3 is 0 Å². The van der Waals surface area contributed by atoms with Gasteiger partial charge in [0.1, 0.15) is 0 Å². The van der Waals surface area contributed by atoms with Crippen LogP contribution in [0.3, 0.4) is 0 Å². The summed E-state index contributed by atoms with van der Waals surface area (Å²) in [7, 11) is 0. The molecule has 0 aromatic heterocycles. The van der Waals surface area contributed by atoms with Crippen LogP contribution in [0.1, 0.15) is 40.0 Å². The van der Waals surface area contributed by atoms with Crippen LogP contribution >= 0.6 is 11.6 Å². The van der Waals surface area contributed by atoms with E-state index in [1.807, 2.05) is 0 Å². The highest BCUT2D eigenvalue weighted by molar-refractivity contribution is 6.22. The van der Waals surface area contributed by atoms with Crippen molar-refractivity contribution in [2.75, 3.05) is 0 Å². The van der Waals surface area contributed by atoms with E-state index in [0.29, 0.717) is 30.6 Å². The fourth-order valence-electron chi connectivity index (χ4n) is 2.36. The van der Waals surface area contributed by atoms with Crippen LogP contribution in [0.15, 0.2) is 0 Å². The Labute approximate surface area is 90.0 Å². The zero-order chi connectivity index (χ0) is 10.9. The highest BCUT2D eigenvalue weighted by Gasteiger charge is 2.48. The second kappa shape index (κ2) is 4.05. The molecular weight excluding hydrogens is 202 g/mol. The maximum atomic E-state index is 10.9. The largest absolute Gasteiger partial charge is 0.295 e. The van der Waals surface area contributed by atoms with Crippen LogP contribution in [-0.2, 0) is 0 Å². The molecule has 1 aliphatic carbocycles. The van der Waals surface area contributed by atoms with Gasteiger partial charge in [-0.3, -0.25) is 10.1 Å². The molecule has 3 atom stereocenters. The molecule has 0 N–H and O–H groups in total. The second-order valence-corrected chi connectivity index (χ2v) is 5.63. The van der Waals surface area contributed by atoms with Crippen LogP contribution in [0.2, 0.25) is 0 Å². The van der Waals surface area contributed by atoms with E-state index in [1.54, 1.807) is 0 Å². The van der Waals surface area contributed by atoms with Gasteiger partial charge in [0, 0.05) is 17.8 Å². The van der Waals surface area contributed by atoms with Crippen LogP contribution in [0.5, 0.6) is 0 Å². The van der Waals surface area contributed by atoms with Crippen LogP contribution in [0, 0.1) is 27.9 Å². The SMILES string of the molecule is CC(C)[C@@H]1C[C@@H](C)C[C@@](Cl)([N+](=O)[O-])C1. The molecule has 82 valence electrons. The maximum absolute atomic E-state index is 10.9. The molecule has 0 heterocycles. The van der Waals surface area contributed by atoms with Crippen LogP contribution in [0.4, 0.5) is 0 Å². The Hall–Kier alpha value is -0.310. The molecule has 0 saturated heterocycles. The summed E-state index contributed by atoms with van der Waals surface area (Å²) in [5.41, 5.74) is 0. The van der Waals surface area contributed by atoms with Crippen LogP contribution < -0.4 is 0 Å². The van der Waals surface area contributed by atoms with E-state index in [2.05, 4.69) is 20.8 Å². The topological polar surface area (TPSA) is 43.1 Å². The third-order valence-electron chi connectivity index (χ3n) is 3.21. The third kappa shape index (κ3) is 2.38. The molecular formula is C10H18ClNO2. The number of hydrogen-bond donors (Lipinski definition) is 0. The Bertz CT molecular complexity index is 232. The standard InChI is InChI=1S/C10H18ClNO2/c1-7(2)9-4-8(3)5-10(11,6-9)12(13)14/h7-9H,4-6H2,1-3H3/t8-,9-,10-/m1/s1. The Balaban J connectivity index is 2.76. The first kappa shape index (κ1) is 11.8. The molecule has 0 bridgehead atoms.